The molecule has 19 aromatic carbocycles. The first kappa shape index (κ1) is 68.1. The highest BCUT2D eigenvalue weighted by molar-refractivity contribution is 6.39. The van der Waals surface area contributed by atoms with Crippen LogP contribution in [0, 0.1) is 0 Å². The van der Waals surface area contributed by atoms with Crippen LogP contribution in [0.3, 0.4) is 0 Å². The first-order valence-corrected chi connectivity index (χ1v) is 41.6. The van der Waals surface area contributed by atoms with Crippen LogP contribution in [0.15, 0.2) is 431 Å². The Hall–Kier alpha value is -15.3. The summed E-state index contributed by atoms with van der Waals surface area (Å²) < 4.78 is 0. The van der Waals surface area contributed by atoms with Gasteiger partial charge < -0.3 is 0 Å². The van der Waals surface area contributed by atoms with Crippen molar-refractivity contribution in [2.24, 2.45) is 0 Å². The van der Waals surface area contributed by atoms with Gasteiger partial charge in [0.1, 0.15) is 0 Å². The van der Waals surface area contributed by atoms with E-state index in [4.69, 9.17) is 0 Å². The van der Waals surface area contributed by atoms with Crippen LogP contribution in [0.4, 0.5) is 0 Å². The summed E-state index contributed by atoms with van der Waals surface area (Å²) in [5, 5.41) is 12.8. The van der Waals surface area contributed by atoms with Crippen LogP contribution in [0.25, 0.3) is 149 Å². The van der Waals surface area contributed by atoms with E-state index in [0.29, 0.717) is 0 Å². The number of hydrogen-bond acceptors (Lipinski definition) is 0. The zero-order valence-corrected chi connectivity index (χ0v) is 65.3. The Morgan fingerprint density at radius 3 is 0.798 bits per heavy atom. The standard InChI is InChI=1S/2C42H26.C35H22/c1-2-13-29-25-31(24-23-27(29)11-1)30-15-9-16-32(26-30)39-35-18-5-7-20-37(35)42-40(36-19-6-8-21-38(36)41(39)42)34-22-10-14-28-12-3-4-17-33(28)34;1-2-12-31-26-32(25-22-27(31)10-1)28-20-23-30(24-21-28)39-35-15-5-7-17-37(35)42-40(36-16-6-8-18-38(36)41(39)42)34-19-9-13-29-11-3-4-14-33(29)34;1-2-14-24-22(10-1)12-8-20-26(24)32-28-15-3-5-17-30(28)35-33(29-16-4-6-18-31(29)34(32)35)27-21-9-13-23-11-7-19-25(23)27/h2*1-26H;1-10,12-21H,11H2. The van der Waals surface area contributed by atoms with E-state index in [9.17, 15) is 0 Å². The normalized spacial score (nSPS) is 13.9. The molecule has 0 aromatic heterocycles. The molecule has 0 fully saturated rings. The van der Waals surface area contributed by atoms with E-state index < -0.39 is 0 Å². The monoisotopic (exact) mass is 1500 g/mol. The van der Waals surface area contributed by atoms with Crippen molar-refractivity contribution in [1.82, 2.24) is 0 Å². The van der Waals surface area contributed by atoms with Gasteiger partial charge in [-0.05, 0) is 279 Å². The molecule has 26 rings (SSSR count). The number of fused-ring (bicyclic) bond motifs is 21. The van der Waals surface area contributed by atoms with E-state index >= 15 is 0 Å². The molecule has 0 aliphatic heterocycles. The Balaban J connectivity index is 0.000000102. The summed E-state index contributed by atoms with van der Waals surface area (Å²) in [6.45, 7) is 0. The van der Waals surface area contributed by atoms with Crippen molar-refractivity contribution in [2.45, 2.75) is 6.42 Å². The molecule has 0 heterocycles. The largest absolute Gasteiger partial charge is 0.0795 e. The third-order valence-electron chi connectivity index (χ3n) is 25.8. The van der Waals surface area contributed by atoms with Crippen LogP contribution in [-0.2, 0) is 6.42 Å². The fourth-order valence-corrected chi connectivity index (χ4v) is 20.7. The molecule has 0 N–H and O–H groups in total. The quantitative estimate of drug-likeness (QED) is 0.142. The molecule has 0 unspecified atom stereocenters. The average molecular weight is 1500 g/mol. The molecule has 7 aliphatic rings. The SMILES string of the molecule is C1=Cc2c(cccc2C2=C3C(=C(c4cccc5ccccc45)c4ccccc43)c3ccccc32)C1.c1cc(C2=C3C(=C(c4cccc5ccccc45)c4ccccc43)c3ccccc32)cc(-c2ccc3ccccc3c2)c1.c1ccc2c(c1)C1=C(c3cccc4ccccc34)c3ccccc3C1=C2c1ccc(-c2ccc3ccccc3c2)cc1. The summed E-state index contributed by atoms with van der Waals surface area (Å²) >= 11 is 0. The number of allylic oxidation sites excluding steroid dienone is 7. The number of benzene rings is 19. The number of rotatable bonds is 8. The lowest BCUT2D eigenvalue weighted by atomic mass is 9.89. The van der Waals surface area contributed by atoms with Crippen molar-refractivity contribution in [3.05, 3.63) is 542 Å². The van der Waals surface area contributed by atoms with E-state index in [1.165, 1.54) is 254 Å². The molecular formula is C119H74. The molecule has 119 heavy (non-hydrogen) atoms. The second-order valence-electron chi connectivity index (χ2n) is 32.1. The molecule has 0 amide bonds. The molecule has 550 valence electrons. The molecule has 0 saturated carbocycles. The van der Waals surface area contributed by atoms with Gasteiger partial charge in [-0.2, -0.15) is 0 Å². The third-order valence-corrected chi connectivity index (χ3v) is 25.8. The van der Waals surface area contributed by atoms with Gasteiger partial charge in [0, 0.05) is 0 Å². The topological polar surface area (TPSA) is 0 Å². The van der Waals surface area contributed by atoms with E-state index in [2.05, 4.69) is 437 Å². The molecule has 0 nitrogen and oxygen atoms in total. The van der Waals surface area contributed by atoms with Crippen molar-refractivity contribution in [3.63, 3.8) is 0 Å². The second kappa shape index (κ2) is 27.7. The molecule has 19 aromatic rings. The van der Waals surface area contributed by atoms with Gasteiger partial charge in [0.2, 0.25) is 0 Å². The van der Waals surface area contributed by atoms with Gasteiger partial charge in [-0.3, -0.25) is 0 Å². The Morgan fingerprint density at radius 2 is 0.387 bits per heavy atom. The first-order valence-electron chi connectivity index (χ1n) is 41.6. The summed E-state index contributed by atoms with van der Waals surface area (Å²) in [5.74, 6) is 0. The molecule has 0 atom stereocenters. The van der Waals surface area contributed by atoms with Gasteiger partial charge >= 0.3 is 0 Å². The van der Waals surface area contributed by atoms with Crippen molar-refractivity contribution in [1.29, 1.82) is 0 Å². The summed E-state index contributed by atoms with van der Waals surface area (Å²) in [6.07, 6.45) is 5.63. The smallest absolute Gasteiger partial charge is 0.000741 e. The maximum Gasteiger partial charge on any atom is -0.000741 e. The van der Waals surface area contributed by atoms with Crippen LogP contribution in [0.1, 0.15) is 111 Å². The van der Waals surface area contributed by atoms with Gasteiger partial charge in [-0.15, -0.1) is 0 Å². The van der Waals surface area contributed by atoms with Crippen LogP contribution in [0.5, 0.6) is 0 Å². The van der Waals surface area contributed by atoms with E-state index in [-0.39, 0.29) is 0 Å². The molecule has 0 radical (unpaired) electrons. The van der Waals surface area contributed by atoms with Gasteiger partial charge in [-0.1, -0.05) is 419 Å². The van der Waals surface area contributed by atoms with Crippen molar-refractivity contribution in [2.75, 3.05) is 0 Å². The highest BCUT2D eigenvalue weighted by atomic mass is 14.4. The fraction of sp³-hybridized carbons (Fsp3) is 0.00840. The maximum atomic E-state index is 2.38. The minimum atomic E-state index is 1.02. The van der Waals surface area contributed by atoms with E-state index in [1.54, 1.807) is 0 Å². The minimum absolute atomic E-state index is 1.02. The van der Waals surface area contributed by atoms with Crippen LogP contribution in [-0.4, -0.2) is 0 Å². The summed E-state index contributed by atoms with van der Waals surface area (Å²) in [5.41, 5.74) is 47.7. The Kier molecular flexibility index (Phi) is 15.9. The lowest BCUT2D eigenvalue weighted by molar-refractivity contribution is 1.30. The Bertz CT molecular complexity index is 7820. The Morgan fingerprint density at radius 1 is 0.134 bits per heavy atom. The minimum Gasteiger partial charge on any atom is -0.0795 e. The molecular weight excluding hydrogens is 1430 g/mol. The molecule has 0 saturated heterocycles. The summed E-state index contributed by atoms with van der Waals surface area (Å²) in [7, 11) is 0. The molecule has 0 spiro atoms. The predicted molar refractivity (Wildman–Crippen MR) is 504 cm³/mol. The van der Waals surface area contributed by atoms with Gasteiger partial charge in [0.25, 0.3) is 0 Å². The third kappa shape index (κ3) is 10.8. The lowest BCUT2D eigenvalue weighted by Crippen LogP contribution is -1.95. The van der Waals surface area contributed by atoms with Gasteiger partial charge in [0.15, 0.2) is 0 Å². The average Bonchev–Trinajstić information content (AvgIpc) is 1.55. The van der Waals surface area contributed by atoms with Crippen molar-refractivity contribution in [3.8, 4) is 22.3 Å². The van der Waals surface area contributed by atoms with Gasteiger partial charge in [0.05, 0.1) is 0 Å². The fourth-order valence-electron chi connectivity index (χ4n) is 20.7. The summed E-state index contributed by atoms with van der Waals surface area (Å²) in [6, 6.07) is 156. The molecule has 0 bridgehead atoms. The zero-order valence-electron chi connectivity index (χ0n) is 65.3. The predicted octanol–water partition coefficient (Wildman–Crippen LogP) is 30.5. The number of hydrogen-bond donors (Lipinski definition) is 0. The Labute approximate surface area is 692 Å². The van der Waals surface area contributed by atoms with Crippen molar-refractivity contribution < 1.29 is 0 Å². The van der Waals surface area contributed by atoms with E-state index in [1.807, 2.05) is 0 Å². The lowest BCUT2D eigenvalue weighted by Gasteiger charge is -2.14. The second-order valence-corrected chi connectivity index (χ2v) is 32.1. The highest BCUT2D eigenvalue weighted by Crippen LogP contribution is 2.63. The summed E-state index contributed by atoms with van der Waals surface area (Å²) in [4.78, 5) is 0. The van der Waals surface area contributed by atoms with Gasteiger partial charge in [-0.25, -0.2) is 0 Å². The van der Waals surface area contributed by atoms with Crippen molar-refractivity contribution >= 4 is 127 Å². The first-order chi connectivity index (χ1) is 59.1. The van der Waals surface area contributed by atoms with Crippen LogP contribution < -0.4 is 0 Å². The zero-order chi connectivity index (χ0) is 78.2. The van der Waals surface area contributed by atoms with E-state index in [0.717, 1.165) is 6.42 Å². The molecule has 7 aliphatic carbocycles. The molecule has 0 heteroatoms. The van der Waals surface area contributed by atoms with Crippen LogP contribution in [0.2, 0.25) is 0 Å². The van der Waals surface area contributed by atoms with Crippen LogP contribution >= 0.6 is 0 Å². The maximum absolute atomic E-state index is 2.38. The highest BCUT2D eigenvalue weighted by Gasteiger charge is 2.42.